The number of oxime groups is 1. The number of hydrogen-bond donors (Lipinski definition) is 1. The van der Waals surface area contributed by atoms with Gasteiger partial charge in [-0.1, -0.05) is 17.3 Å². The highest BCUT2D eigenvalue weighted by molar-refractivity contribution is 6.01. The Hall–Kier alpha value is -1.86. The highest BCUT2D eigenvalue weighted by Gasteiger charge is 2.40. The molecule has 4 heteroatoms. The zero-order chi connectivity index (χ0) is 12.4. The Labute approximate surface area is 106 Å². The van der Waals surface area contributed by atoms with E-state index < -0.39 is 0 Å². The van der Waals surface area contributed by atoms with Crippen LogP contribution in [0.3, 0.4) is 0 Å². The van der Waals surface area contributed by atoms with E-state index in [1.54, 1.807) is 0 Å². The lowest BCUT2D eigenvalue weighted by Crippen LogP contribution is -2.42. The molecule has 2 aliphatic heterocycles. The van der Waals surface area contributed by atoms with Crippen LogP contribution < -0.4 is 5.32 Å². The topological polar surface area (TPSA) is 57.4 Å². The summed E-state index contributed by atoms with van der Waals surface area (Å²) in [5.41, 5.74) is 2.65. The van der Waals surface area contributed by atoms with Gasteiger partial charge in [-0.15, -0.1) is 0 Å². The number of nitrogens with one attached hydrogen (secondary N) is 1. The van der Waals surface area contributed by atoms with Crippen LogP contribution in [0.5, 0.6) is 0 Å². The maximum Gasteiger partial charge on any atom is 0.145 e. The van der Waals surface area contributed by atoms with Crippen LogP contribution in [0.2, 0.25) is 0 Å². The molecule has 18 heavy (non-hydrogen) atoms. The van der Waals surface area contributed by atoms with E-state index in [0.29, 0.717) is 5.56 Å². The van der Waals surface area contributed by atoms with E-state index >= 15 is 0 Å². The Morgan fingerprint density at radius 1 is 1.22 bits per heavy atom. The largest absolute Gasteiger partial charge is 0.388 e. The minimum atomic E-state index is -0.0888. The second-order valence-electron chi connectivity index (χ2n) is 4.93. The van der Waals surface area contributed by atoms with E-state index in [1.165, 1.54) is 0 Å². The second kappa shape index (κ2) is 4.43. The van der Waals surface area contributed by atoms with Crippen LogP contribution in [-0.2, 0) is 4.84 Å². The number of nitrogens with zero attached hydrogens (tertiary/aromatic N) is 2. The van der Waals surface area contributed by atoms with Gasteiger partial charge in [0.25, 0.3) is 0 Å². The van der Waals surface area contributed by atoms with Crippen LogP contribution in [0, 0.1) is 11.3 Å². The third kappa shape index (κ3) is 1.98. The molecule has 0 amide bonds. The summed E-state index contributed by atoms with van der Waals surface area (Å²) >= 11 is 0. The van der Waals surface area contributed by atoms with Gasteiger partial charge in [0.2, 0.25) is 0 Å². The zero-order valence-electron chi connectivity index (χ0n) is 10.1. The molecule has 0 unspecified atom stereocenters. The summed E-state index contributed by atoms with van der Waals surface area (Å²) in [7, 11) is 0. The standard InChI is InChI=1S/C14H15N3O/c15-10-11-1-3-12(4-2-11)13-9-14(18-17-13)5-7-16-8-6-14/h1-4,16H,5-9H2. The van der Waals surface area contributed by atoms with Crippen LogP contribution in [0.1, 0.15) is 30.4 Å². The van der Waals surface area contributed by atoms with Gasteiger partial charge in [0.15, 0.2) is 0 Å². The third-order valence-electron chi connectivity index (χ3n) is 3.70. The smallest absolute Gasteiger partial charge is 0.145 e. The maximum absolute atomic E-state index is 8.78. The maximum atomic E-state index is 8.78. The van der Waals surface area contributed by atoms with Crippen LogP contribution in [-0.4, -0.2) is 24.4 Å². The van der Waals surface area contributed by atoms with Crippen molar-refractivity contribution >= 4 is 5.71 Å². The van der Waals surface area contributed by atoms with Gasteiger partial charge in [0.05, 0.1) is 17.3 Å². The van der Waals surface area contributed by atoms with E-state index in [9.17, 15) is 0 Å². The van der Waals surface area contributed by atoms with Crippen molar-refractivity contribution in [3.8, 4) is 6.07 Å². The first-order valence-electron chi connectivity index (χ1n) is 6.28. The van der Waals surface area contributed by atoms with Gasteiger partial charge in [-0.05, 0) is 30.8 Å². The molecule has 0 atom stereocenters. The van der Waals surface area contributed by atoms with Crippen molar-refractivity contribution < 1.29 is 4.84 Å². The Kier molecular flexibility index (Phi) is 2.77. The first-order chi connectivity index (χ1) is 8.81. The highest BCUT2D eigenvalue weighted by Crippen LogP contribution is 2.34. The van der Waals surface area contributed by atoms with Gasteiger partial charge < -0.3 is 10.2 Å². The summed E-state index contributed by atoms with van der Waals surface area (Å²) in [5, 5.41) is 16.4. The van der Waals surface area contributed by atoms with Crippen LogP contribution in [0.4, 0.5) is 0 Å². The SMILES string of the molecule is N#Cc1ccc(C2=NOC3(CCNCC3)C2)cc1. The van der Waals surface area contributed by atoms with Gasteiger partial charge in [-0.2, -0.15) is 5.26 Å². The minimum absolute atomic E-state index is 0.0888. The highest BCUT2D eigenvalue weighted by atomic mass is 16.7. The molecule has 0 bridgehead atoms. The second-order valence-corrected chi connectivity index (χ2v) is 4.93. The van der Waals surface area contributed by atoms with Gasteiger partial charge >= 0.3 is 0 Å². The number of rotatable bonds is 1. The van der Waals surface area contributed by atoms with Crippen molar-refractivity contribution in [1.29, 1.82) is 5.26 Å². The summed E-state index contributed by atoms with van der Waals surface area (Å²) in [4.78, 5) is 5.69. The Morgan fingerprint density at radius 2 is 1.94 bits per heavy atom. The number of piperidine rings is 1. The average Bonchev–Trinajstić information content (AvgIpc) is 2.83. The first kappa shape index (κ1) is 11.2. The predicted octanol–water partition coefficient (Wildman–Crippen LogP) is 1.80. The molecule has 1 N–H and O–H groups in total. The molecule has 0 aromatic heterocycles. The molecular weight excluding hydrogens is 226 g/mol. The molecule has 1 aromatic rings. The Morgan fingerprint density at radius 3 is 2.61 bits per heavy atom. The molecule has 92 valence electrons. The zero-order valence-corrected chi connectivity index (χ0v) is 10.1. The van der Waals surface area contributed by atoms with Crippen LogP contribution >= 0.6 is 0 Å². The predicted molar refractivity (Wildman–Crippen MR) is 68.2 cm³/mol. The molecule has 1 spiro atoms. The lowest BCUT2D eigenvalue weighted by Gasteiger charge is -2.30. The molecule has 2 aliphatic rings. The van der Waals surface area contributed by atoms with Gasteiger partial charge in [0.1, 0.15) is 5.60 Å². The van der Waals surface area contributed by atoms with E-state index in [2.05, 4.69) is 16.5 Å². The van der Waals surface area contributed by atoms with Crippen LogP contribution in [0.25, 0.3) is 0 Å². The molecule has 3 rings (SSSR count). The molecule has 1 fully saturated rings. The van der Waals surface area contributed by atoms with E-state index in [1.807, 2.05) is 24.3 Å². The Balaban J connectivity index is 1.76. The van der Waals surface area contributed by atoms with Gasteiger partial charge in [0, 0.05) is 19.3 Å². The quantitative estimate of drug-likeness (QED) is 0.815. The fraction of sp³-hybridized carbons (Fsp3) is 0.429. The van der Waals surface area contributed by atoms with Gasteiger partial charge in [-0.3, -0.25) is 0 Å². The molecule has 0 radical (unpaired) electrons. The molecule has 1 saturated heterocycles. The van der Waals surface area contributed by atoms with Crippen molar-refractivity contribution in [3.05, 3.63) is 35.4 Å². The first-order valence-corrected chi connectivity index (χ1v) is 6.28. The summed E-state index contributed by atoms with van der Waals surface area (Å²) in [6.07, 6.45) is 2.90. The van der Waals surface area contributed by atoms with Crippen molar-refractivity contribution in [2.45, 2.75) is 24.9 Å². The summed E-state index contributed by atoms with van der Waals surface area (Å²) < 4.78 is 0. The fourth-order valence-corrected chi connectivity index (χ4v) is 2.56. The van der Waals surface area contributed by atoms with E-state index in [-0.39, 0.29) is 5.60 Å². The average molecular weight is 241 g/mol. The normalized spacial score (nSPS) is 21.2. The molecule has 2 heterocycles. The van der Waals surface area contributed by atoms with E-state index in [0.717, 1.165) is 43.6 Å². The Bertz CT molecular complexity index is 507. The van der Waals surface area contributed by atoms with Crippen molar-refractivity contribution in [2.75, 3.05) is 13.1 Å². The summed E-state index contributed by atoms with van der Waals surface area (Å²) in [6, 6.07) is 9.66. The van der Waals surface area contributed by atoms with E-state index in [4.69, 9.17) is 10.1 Å². The molecular formula is C14H15N3O. The lowest BCUT2D eigenvalue weighted by molar-refractivity contribution is -0.0400. The summed E-state index contributed by atoms with van der Waals surface area (Å²) in [6.45, 7) is 1.99. The molecule has 0 saturated carbocycles. The summed E-state index contributed by atoms with van der Waals surface area (Å²) in [5.74, 6) is 0. The number of benzene rings is 1. The number of hydrogen-bond acceptors (Lipinski definition) is 4. The van der Waals surface area contributed by atoms with Crippen molar-refractivity contribution in [1.82, 2.24) is 5.32 Å². The molecule has 1 aromatic carbocycles. The molecule has 4 nitrogen and oxygen atoms in total. The van der Waals surface area contributed by atoms with Crippen LogP contribution in [0.15, 0.2) is 29.4 Å². The van der Waals surface area contributed by atoms with Crippen molar-refractivity contribution in [2.24, 2.45) is 5.16 Å². The fourth-order valence-electron chi connectivity index (χ4n) is 2.56. The third-order valence-corrected chi connectivity index (χ3v) is 3.70. The minimum Gasteiger partial charge on any atom is -0.388 e. The number of nitriles is 1. The van der Waals surface area contributed by atoms with Gasteiger partial charge in [-0.25, -0.2) is 0 Å². The monoisotopic (exact) mass is 241 g/mol. The molecule has 0 aliphatic carbocycles. The lowest BCUT2D eigenvalue weighted by atomic mass is 9.86. The van der Waals surface area contributed by atoms with Crippen molar-refractivity contribution in [3.63, 3.8) is 0 Å².